The maximum atomic E-state index is 12.5. The van der Waals surface area contributed by atoms with Crippen molar-refractivity contribution >= 4 is 5.97 Å². The van der Waals surface area contributed by atoms with Gasteiger partial charge in [-0.3, -0.25) is 0 Å². The minimum Gasteiger partial charge on any atom is -0.456 e. The maximum absolute atomic E-state index is 12.5. The Bertz CT molecular complexity index is 428. The van der Waals surface area contributed by atoms with Gasteiger partial charge in [0.1, 0.15) is 6.10 Å². The highest BCUT2D eigenvalue weighted by molar-refractivity contribution is 5.91. The van der Waals surface area contributed by atoms with E-state index in [1.54, 1.807) is 7.11 Å². The topological polar surface area (TPSA) is 35.5 Å². The Kier molecular flexibility index (Phi) is 9.56. The molecule has 0 radical (unpaired) electrons. The molecule has 0 saturated carbocycles. The van der Waals surface area contributed by atoms with Crippen molar-refractivity contribution in [3.63, 3.8) is 0 Å². The van der Waals surface area contributed by atoms with Crippen molar-refractivity contribution in [1.82, 2.24) is 0 Å². The molecule has 3 heteroatoms. The first-order chi connectivity index (χ1) is 10.7. The third kappa shape index (κ3) is 6.61. The fourth-order valence-corrected chi connectivity index (χ4v) is 2.50. The van der Waals surface area contributed by atoms with Gasteiger partial charge in [-0.2, -0.15) is 0 Å². The smallest absolute Gasteiger partial charge is 0.338 e. The highest BCUT2D eigenvalue weighted by Crippen LogP contribution is 2.16. The normalized spacial score (nSPS) is 12.1. The summed E-state index contributed by atoms with van der Waals surface area (Å²) in [7, 11) is 1.65. The Morgan fingerprint density at radius 2 is 1.82 bits per heavy atom. The molecule has 124 valence electrons. The second-order valence-corrected chi connectivity index (χ2v) is 5.74. The number of hydrogen-bond donors (Lipinski definition) is 0. The van der Waals surface area contributed by atoms with Gasteiger partial charge in [-0.1, -0.05) is 51.3 Å². The zero-order chi connectivity index (χ0) is 16.2. The van der Waals surface area contributed by atoms with E-state index in [1.165, 1.54) is 0 Å². The summed E-state index contributed by atoms with van der Waals surface area (Å²) < 4.78 is 10.9. The largest absolute Gasteiger partial charge is 0.456 e. The molecule has 0 aliphatic carbocycles. The van der Waals surface area contributed by atoms with E-state index in [2.05, 4.69) is 13.8 Å². The minimum atomic E-state index is -0.217. The van der Waals surface area contributed by atoms with E-state index in [9.17, 15) is 4.79 Å². The first-order valence-corrected chi connectivity index (χ1v) is 8.50. The van der Waals surface area contributed by atoms with Crippen molar-refractivity contribution in [3.05, 3.63) is 35.4 Å². The number of hydrogen-bond acceptors (Lipinski definition) is 3. The number of rotatable bonds is 11. The van der Waals surface area contributed by atoms with Crippen molar-refractivity contribution < 1.29 is 14.3 Å². The molecule has 1 rings (SSSR count). The van der Waals surface area contributed by atoms with Crippen LogP contribution in [0.5, 0.6) is 0 Å². The quantitative estimate of drug-likeness (QED) is 0.436. The predicted octanol–water partition coefficient (Wildman–Crippen LogP) is 4.78. The van der Waals surface area contributed by atoms with E-state index in [4.69, 9.17) is 9.47 Å². The van der Waals surface area contributed by atoms with Crippen LogP contribution < -0.4 is 0 Å². The van der Waals surface area contributed by atoms with Gasteiger partial charge in [-0.15, -0.1) is 0 Å². The maximum Gasteiger partial charge on any atom is 0.338 e. The molecule has 1 unspecified atom stereocenters. The van der Waals surface area contributed by atoms with Crippen LogP contribution in [0.2, 0.25) is 0 Å². The summed E-state index contributed by atoms with van der Waals surface area (Å²) in [6, 6.07) is 7.77. The van der Waals surface area contributed by atoms with Crippen molar-refractivity contribution in [2.75, 3.05) is 13.7 Å². The average molecular weight is 306 g/mol. The van der Waals surface area contributed by atoms with E-state index in [-0.39, 0.29) is 12.1 Å². The fraction of sp³-hybridized carbons (Fsp3) is 0.632. The molecule has 0 saturated heterocycles. The number of carbonyl (C=O) groups excluding carboxylic acids is 1. The predicted molar refractivity (Wildman–Crippen MR) is 90.3 cm³/mol. The Balaban J connectivity index is 2.68. The Morgan fingerprint density at radius 1 is 1.09 bits per heavy atom. The van der Waals surface area contributed by atoms with Gasteiger partial charge in [0, 0.05) is 7.11 Å². The summed E-state index contributed by atoms with van der Waals surface area (Å²) >= 11 is 0. The van der Waals surface area contributed by atoms with Gasteiger partial charge in [0.05, 0.1) is 12.2 Å². The summed E-state index contributed by atoms with van der Waals surface area (Å²) in [5.74, 6) is -0.217. The van der Waals surface area contributed by atoms with Crippen molar-refractivity contribution in [1.29, 1.82) is 0 Å². The summed E-state index contributed by atoms with van der Waals surface area (Å²) in [4.78, 5) is 12.5. The molecule has 1 atom stereocenters. The van der Waals surface area contributed by atoms with Gasteiger partial charge in [-0.05, 0) is 37.3 Å². The summed E-state index contributed by atoms with van der Waals surface area (Å²) in [5, 5.41) is 0. The van der Waals surface area contributed by atoms with Gasteiger partial charge in [-0.25, -0.2) is 4.79 Å². The van der Waals surface area contributed by atoms with E-state index in [1.807, 2.05) is 24.3 Å². The molecular weight excluding hydrogens is 276 g/mol. The van der Waals surface area contributed by atoms with Crippen LogP contribution >= 0.6 is 0 Å². The molecule has 0 aliphatic rings. The number of unbranched alkanes of at least 4 members (excludes halogenated alkanes) is 3. The first kappa shape index (κ1) is 18.7. The number of esters is 1. The number of aryl methyl sites for hydroxylation is 1. The number of benzene rings is 1. The van der Waals surface area contributed by atoms with Crippen molar-refractivity contribution in [3.8, 4) is 0 Å². The lowest BCUT2D eigenvalue weighted by Gasteiger charge is -2.18. The number of carbonyl (C=O) groups is 1. The Hall–Kier alpha value is -1.35. The molecule has 22 heavy (non-hydrogen) atoms. The van der Waals surface area contributed by atoms with Gasteiger partial charge in [0.25, 0.3) is 0 Å². The minimum absolute atomic E-state index is 0.150. The van der Waals surface area contributed by atoms with Crippen LogP contribution in [-0.2, 0) is 15.9 Å². The van der Waals surface area contributed by atoms with E-state index in [0.717, 1.165) is 50.5 Å². The lowest BCUT2D eigenvalue weighted by atomic mass is 10.0. The van der Waals surface area contributed by atoms with Gasteiger partial charge in [0.15, 0.2) is 0 Å². The molecule has 0 heterocycles. The van der Waals surface area contributed by atoms with Gasteiger partial charge in [0.2, 0.25) is 0 Å². The van der Waals surface area contributed by atoms with Gasteiger partial charge < -0.3 is 9.47 Å². The highest BCUT2D eigenvalue weighted by atomic mass is 16.6. The molecule has 0 N–H and O–H groups in total. The molecular formula is C19H30O3. The van der Waals surface area contributed by atoms with E-state index >= 15 is 0 Å². The summed E-state index contributed by atoms with van der Waals surface area (Å²) in [6.07, 6.45) is 7.22. The zero-order valence-electron chi connectivity index (χ0n) is 14.3. The van der Waals surface area contributed by atoms with E-state index < -0.39 is 0 Å². The zero-order valence-corrected chi connectivity index (χ0v) is 14.3. The lowest BCUT2D eigenvalue weighted by molar-refractivity contribution is 0.00231. The number of ether oxygens (including phenoxy) is 2. The molecule has 0 aromatic heterocycles. The molecule has 3 nitrogen and oxygen atoms in total. The Labute approximate surface area is 135 Å². The van der Waals surface area contributed by atoms with Crippen LogP contribution in [0, 0.1) is 0 Å². The summed E-state index contributed by atoms with van der Waals surface area (Å²) in [6.45, 7) is 4.79. The number of methoxy groups -OCH3 is 1. The molecule has 0 aliphatic heterocycles. The van der Waals surface area contributed by atoms with E-state index in [0.29, 0.717) is 12.2 Å². The average Bonchev–Trinajstić information content (AvgIpc) is 2.53. The summed E-state index contributed by atoms with van der Waals surface area (Å²) in [5.41, 5.74) is 1.78. The van der Waals surface area contributed by atoms with Crippen LogP contribution in [0.4, 0.5) is 0 Å². The molecule has 0 fully saturated rings. The van der Waals surface area contributed by atoms with Crippen LogP contribution in [0.3, 0.4) is 0 Å². The molecule has 1 aromatic carbocycles. The lowest BCUT2D eigenvalue weighted by Crippen LogP contribution is -2.23. The fourth-order valence-electron chi connectivity index (χ4n) is 2.50. The molecule has 0 amide bonds. The van der Waals surface area contributed by atoms with Crippen LogP contribution in [0.15, 0.2) is 24.3 Å². The van der Waals surface area contributed by atoms with Crippen LogP contribution in [0.25, 0.3) is 0 Å². The first-order valence-electron chi connectivity index (χ1n) is 8.50. The molecule has 0 spiro atoms. The Morgan fingerprint density at radius 3 is 2.50 bits per heavy atom. The second-order valence-electron chi connectivity index (χ2n) is 5.74. The highest BCUT2D eigenvalue weighted by Gasteiger charge is 2.18. The SMILES string of the molecule is CCCCCC(COC)OC(=O)c1ccccc1CCCC. The van der Waals surface area contributed by atoms with Crippen LogP contribution in [-0.4, -0.2) is 25.8 Å². The van der Waals surface area contributed by atoms with Crippen molar-refractivity contribution in [2.45, 2.75) is 64.9 Å². The van der Waals surface area contributed by atoms with Gasteiger partial charge >= 0.3 is 5.97 Å². The van der Waals surface area contributed by atoms with Crippen molar-refractivity contribution in [2.24, 2.45) is 0 Å². The monoisotopic (exact) mass is 306 g/mol. The second kappa shape index (κ2) is 11.2. The molecule has 0 bridgehead atoms. The van der Waals surface area contributed by atoms with Crippen LogP contribution in [0.1, 0.15) is 68.3 Å². The standard InChI is InChI=1S/C19H30O3/c1-4-6-8-13-17(15-21-3)22-19(20)18-14-10-9-12-16(18)11-7-5-2/h9-10,12,14,17H,4-8,11,13,15H2,1-3H3. The third-order valence-corrected chi connectivity index (χ3v) is 3.79. The third-order valence-electron chi connectivity index (χ3n) is 3.79. The molecule has 1 aromatic rings.